The molecule has 1 amide bonds. The van der Waals surface area contributed by atoms with Crippen molar-refractivity contribution in [3.05, 3.63) is 103 Å². The molecule has 9 heteroatoms. The highest BCUT2D eigenvalue weighted by atomic mass is 35.5. The van der Waals surface area contributed by atoms with Gasteiger partial charge in [0.05, 0.1) is 16.8 Å². The number of fused-ring (bicyclic) bond motifs is 2. The molecule has 4 aromatic rings. The van der Waals surface area contributed by atoms with E-state index in [9.17, 15) is 14.4 Å². The average Bonchev–Trinajstić information content (AvgIpc) is 3.45. The molecule has 2 aromatic heterocycles. The van der Waals surface area contributed by atoms with Gasteiger partial charge < -0.3 is 10.2 Å². The number of rotatable bonds is 4. The van der Waals surface area contributed by atoms with Crippen LogP contribution in [0.25, 0.3) is 22.6 Å². The maximum absolute atomic E-state index is 14.3. The first kappa shape index (κ1) is 29.9. The van der Waals surface area contributed by atoms with E-state index in [0.29, 0.717) is 41.8 Å². The molecule has 1 aliphatic carbocycles. The Kier molecular flexibility index (Phi) is 7.74. The fraction of sp³-hybridized carbons (Fsp3) is 0.371. The molecule has 3 heterocycles. The van der Waals surface area contributed by atoms with Gasteiger partial charge >= 0.3 is 5.69 Å². The summed E-state index contributed by atoms with van der Waals surface area (Å²) >= 11 is 6.17. The highest BCUT2D eigenvalue weighted by Gasteiger charge is 2.36. The van der Waals surface area contributed by atoms with Gasteiger partial charge in [-0.1, -0.05) is 62.7 Å². The Hall–Kier alpha value is -4.17. The van der Waals surface area contributed by atoms with Gasteiger partial charge in [-0.3, -0.25) is 18.7 Å². The van der Waals surface area contributed by atoms with E-state index >= 15 is 0 Å². The zero-order valence-electron chi connectivity index (χ0n) is 25.9. The molecule has 2 aliphatic rings. The van der Waals surface area contributed by atoms with Gasteiger partial charge in [0, 0.05) is 49.7 Å². The fourth-order valence-electron chi connectivity index (χ4n) is 6.52. The average molecular weight is 612 g/mol. The molecular formula is C35H38ClN5O3. The molecule has 1 aliphatic heterocycles. The van der Waals surface area contributed by atoms with Gasteiger partial charge in [-0.05, 0) is 71.6 Å². The van der Waals surface area contributed by atoms with E-state index in [2.05, 4.69) is 32.2 Å². The van der Waals surface area contributed by atoms with Crippen molar-refractivity contribution in [2.45, 2.75) is 46.1 Å². The van der Waals surface area contributed by atoms with Crippen LogP contribution in [-0.2, 0) is 20.5 Å². The molecule has 6 rings (SSSR count). The van der Waals surface area contributed by atoms with Crippen molar-refractivity contribution < 1.29 is 4.79 Å². The summed E-state index contributed by atoms with van der Waals surface area (Å²) in [6.07, 6.45) is 4.49. The third kappa shape index (κ3) is 5.59. The van der Waals surface area contributed by atoms with Gasteiger partial charge in [-0.25, -0.2) is 9.78 Å². The molecule has 0 radical (unpaired) electrons. The number of anilines is 1. The quantitative estimate of drug-likeness (QED) is 0.332. The number of amides is 1. The molecule has 2 aromatic carbocycles. The number of aromatic nitrogens is 3. The molecule has 0 bridgehead atoms. The number of carbonyl (C=O) groups is 1. The number of pyridine rings is 1. The van der Waals surface area contributed by atoms with E-state index < -0.39 is 0 Å². The molecule has 228 valence electrons. The highest BCUT2D eigenvalue weighted by Crippen LogP contribution is 2.44. The van der Waals surface area contributed by atoms with Crippen LogP contribution in [0.5, 0.6) is 0 Å². The molecule has 44 heavy (non-hydrogen) atoms. The Balaban J connectivity index is 1.39. The summed E-state index contributed by atoms with van der Waals surface area (Å²) in [6, 6.07) is 17.0. The maximum atomic E-state index is 14.3. The van der Waals surface area contributed by atoms with Crippen molar-refractivity contribution in [1.82, 2.24) is 19.4 Å². The minimum atomic E-state index is -0.370. The van der Waals surface area contributed by atoms with Crippen molar-refractivity contribution in [3.8, 4) is 0 Å². The lowest BCUT2D eigenvalue weighted by Crippen LogP contribution is -2.41. The smallest absolute Gasteiger partial charge is 0.332 e. The van der Waals surface area contributed by atoms with Crippen LogP contribution in [0, 0.1) is 11.3 Å². The number of carbonyl (C=O) groups excluding carboxylic acids is 1. The minimum Gasteiger partial charge on any atom is -0.356 e. The number of allylic oxidation sites excluding steroid dienone is 1. The van der Waals surface area contributed by atoms with E-state index in [1.165, 1.54) is 17.7 Å². The van der Waals surface area contributed by atoms with E-state index in [1.54, 1.807) is 7.05 Å². The normalized spacial score (nSPS) is 19.4. The second kappa shape index (κ2) is 11.4. The zero-order chi connectivity index (χ0) is 31.3. The summed E-state index contributed by atoms with van der Waals surface area (Å²) in [5.74, 6) is 0.753. The largest absolute Gasteiger partial charge is 0.356 e. The van der Waals surface area contributed by atoms with Gasteiger partial charge in [0.15, 0.2) is 0 Å². The number of nitrogens with one attached hydrogen (secondary N) is 1. The van der Waals surface area contributed by atoms with Crippen LogP contribution in [0.3, 0.4) is 0 Å². The number of hydrogen-bond donors (Lipinski definition) is 1. The van der Waals surface area contributed by atoms with Crippen LogP contribution in [0.4, 0.5) is 5.82 Å². The summed E-state index contributed by atoms with van der Waals surface area (Å²) in [6.45, 7) is 7.90. The van der Waals surface area contributed by atoms with Crippen molar-refractivity contribution in [1.29, 1.82) is 0 Å². The summed E-state index contributed by atoms with van der Waals surface area (Å²) in [4.78, 5) is 46.4. The summed E-state index contributed by atoms with van der Waals surface area (Å²) < 4.78 is 2.58. The molecule has 1 N–H and O–H groups in total. The monoisotopic (exact) mass is 611 g/mol. The first-order valence-corrected chi connectivity index (χ1v) is 15.5. The lowest BCUT2D eigenvalue weighted by Gasteiger charge is -2.37. The molecule has 2 atom stereocenters. The molecule has 8 nitrogen and oxygen atoms in total. The molecular weight excluding hydrogens is 574 g/mol. The van der Waals surface area contributed by atoms with E-state index in [1.807, 2.05) is 53.4 Å². The Morgan fingerprint density at radius 2 is 1.75 bits per heavy atom. The SMILES string of the molecule is Cn1c(N2CC[C@@H](NC(=O)c3c4c(nc5ccccc35)/C(=C\c3ccc(Cl)cc3)CC(C(C)(C)C)C4)C2)cc(=O)n(C)c1=O. The van der Waals surface area contributed by atoms with Crippen LogP contribution >= 0.6 is 11.6 Å². The molecule has 0 saturated carbocycles. The fourth-order valence-corrected chi connectivity index (χ4v) is 6.65. The summed E-state index contributed by atoms with van der Waals surface area (Å²) in [5, 5.41) is 4.84. The lowest BCUT2D eigenvalue weighted by atomic mass is 9.69. The van der Waals surface area contributed by atoms with Crippen molar-refractivity contribution in [2.24, 2.45) is 25.4 Å². The van der Waals surface area contributed by atoms with Crippen LogP contribution in [0.1, 0.15) is 60.8 Å². The van der Waals surface area contributed by atoms with E-state index in [4.69, 9.17) is 16.6 Å². The van der Waals surface area contributed by atoms with E-state index in [0.717, 1.165) is 50.7 Å². The van der Waals surface area contributed by atoms with Crippen LogP contribution < -0.4 is 21.5 Å². The van der Waals surface area contributed by atoms with Crippen LogP contribution in [-0.4, -0.2) is 39.2 Å². The van der Waals surface area contributed by atoms with Gasteiger partial charge in [-0.2, -0.15) is 0 Å². The van der Waals surface area contributed by atoms with E-state index in [-0.39, 0.29) is 28.6 Å². The number of nitrogens with zero attached hydrogens (tertiary/aromatic N) is 4. The Labute approximate surface area is 262 Å². The Morgan fingerprint density at radius 1 is 1.02 bits per heavy atom. The van der Waals surface area contributed by atoms with Gasteiger partial charge in [-0.15, -0.1) is 0 Å². The second-order valence-electron chi connectivity index (χ2n) is 13.2. The third-order valence-electron chi connectivity index (χ3n) is 9.23. The lowest BCUT2D eigenvalue weighted by molar-refractivity contribution is 0.0940. The van der Waals surface area contributed by atoms with Crippen LogP contribution in [0.2, 0.25) is 5.02 Å². The first-order chi connectivity index (χ1) is 20.9. The third-order valence-corrected chi connectivity index (χ3v) is 9.48. The number of benzene rings is 2. The molecule has 1 saturated heterocycles. The predicted octanol–water partition coefficient (Wildman–Crippen LogP) is 5.44. The zero-order valence-corrected chi connectivity index (χ0v) is 26.6. The van der Waals surface area contributed by atoms with Crippen molar-refractivity contribution >= 4 is 45.9 Å². The molecule has 0 spiro atoms. The minimum absolute atomic E-state index is 0.0187. The Bertz CT molecular complexity index is 1920. The molecule has 1 unspecified atom stereocenters. The van der Waals surface area contributed by atoms with Gasteiger partial charge in [0.2, 0.25) is 0 Å². The predicted molar refractivity (Wildman–Crippen MR) is 177 cm³/mol. The topological polar surface area (TPSA) is 89.2 Å². The van der Waals surface area contributed by atoms with Gasteiger partial charge in [0.1, 0.15) is 5.82 Å². The van der Waals surface area contributed by atoms with Crippen molar-refractivity contribution in [3.63, 3.8) is 0 Å². The van der Waals surface area contributed by atoms with Crippen LogP contribution in [0.15, 0.2) is 64.2 Å². The highest BCUT2D eigenvalue weighted by molar-refractivity contribution is 6.30. The Morgan fingerprint density at radius 3 is 2.48 bits per heavy atom. The standard InChI is InChI=1S/C35H38ClN5O3/c1-35(2,3)23-17-22(16-21-10-12-24(36)13-11-21)32-27(18-23)31(26-8-6-7-9-28(26)38-32)33(43)37-25-14-15-41(20-25)29-19-30(42)40(5)34(44)39(29)4/h6-13,16,19,23,25H,14-15,17-18,20H2,1-5H3,(H,37,43)/b22-16-/t23?,25-/m1/s1. The van der Waals surface area contributed by atoms with Crippen molar-refractivity contribution in [2.75, 3.05) is 18.0 Å². The first-order valence-electron chi connectivity index (χ1n) is 15.1. The molecule has 1 fully saturated rings. The van der Waals surface area contributed by atoms with Gasteiger partial charge in [0.25, 0.3) is 11.5 Å². The summed E-state index contributed by atoms with van der Waals surface area (Å²) in [5.41, 5.74) is 4.80. The maximum Gasteiger partial charge on any atom is 0.332 e. The number of hydrogen-bond acceptors (Lipinski definition) is 5. The number of halogens is 1. The second-order valence-corrected chi connectivity index (χ2v) is 13.6. The number of para-hydroxylation sites is 1. The summed E-state index contributed by atoms with van der Waals surface area (Å²) in [7, 11) is 3.14.